The Balaban J connectivity index is 1.14. The molecule has 2 N–H and O–H groups in total. The highest BCUT2D eigenvalue weighted by Crippen LogP contribution is 2.29. The molecule has 0 radical (unpaired) electrons. The third kappa shape index (κ3) is 5.33. The van der Waals surface area contributed by atoms with E-state index < -0.39 is 5.91 Å². The second kappa shape index (κ2) is 10.7. The Morgan fingerprint density at radius 2 is 1.63 bits per heavy atom. The van der Waals surface area contributed by atoms with E-state index in [2.05, 4.69) is 75.2 Å². The summed E-state index contributed by atoms with van der Waals surface area (Å²) in [5.74, 6) is 0.110. The van der Waals surface area contributed by atoms with E-state index >= 15 is 0 Å². The fourth-order valence-electron chi connectivity index (χ4n) is 4.88. The maximum absolute atomic E-state index is 11.5. The van der Waals surface area contributed by atoms with Crippen LogP contribution in [0.2, 0.25) is 0 Å². The van der Waals surface area contributed by atoms with Gasteiger partial charge in [-0.1, -0.05) is 48.5 Å². The number of nitrogens with two attached hydrogens (primary N) is 1. The average Bonchev–Trinajstić information content (AvgIpc) is 3.30. The van der Waals surface area contributed by atoms with Gasteiger partial charge in [-0.25, -0.2) is 0 Å². The van der Waals surface area contributed by atoms with Gasteiger partial charge in [0.25, 0.3) is 5.91 Å². The number of benzene rings is 3. The molecule has 180 valence electrons. The summed E-state index contributed by atoms with van der Waals surface area (Å²) in [6.45, 7) is 6.50. The van der Waals surface area contributed by atoms with Gasteiger partial charge in [0, 0.05) is 56.5 Å². The van der Waals surface area contributed by atoms with Gasteiger partial charge in [-0.2, -0.15) is 0 Å². The zero-order valence-corrected chi connectivity index (χ0v) is 20.0. The third-order valence-electron chi connectivity index (χ3n) is 6.73. The molecule has 0 unspecified atom stereocenters. The molecule has 0 saturated carbocycles. The first-order valence-corrected chi connectivity index (χ1v) is 12.3. The lowest BCUT2D eigenvalue weighted by molar-refractivity contribution is 0.0996. The molecule has 6 heteroatoms. The molecule has 6 nitrogen and oxygen atoms in total. The van der Waals surface area contributed by atoms with Crippen LogP contribution in [0.25, 0.3) is 10.9 Å². The van der Waals surface area contributed by atoms with Gasteiger partial charge >= 0.3 is 0 Å². The van der Waals surface area contributed by atoms with Crippen molar-refractivity contribution < 1.29 is 9.53 Å². The minimum absolute atomic E-state index is 0.438. The number of anilines is 1. The normalized spacial score (nSPS) is 14.3. The molecule has 1 amide bonds. The molecule has 0 bridgehead atoms. The Morgan fingerprint density at radius 1 is 0.857 bits per heavy atom. The fraction of sp³-hybridized carbons (Fsp3) is 0.276. The molecule has 1 aromatic heterocycles. The number of carbonyl (C=O) groups is 1. The SMILES string of the molecule is NC(=O)c1ccccc1OCCCN1CCN(c2cccc3c2ccn3Cc2ccccc2)CC1. The summed E-state index contributed by atoms with van der Waals surface area (Å²) >= 11 is 0. The first kappa shape index (κ1) is 23.0. The van der Waals surface area contributed by atoms with Crippen molar-refractivity contribution in [1.29, 1.82) is 0 Å². The Labute approximate surface area is 206 Å². The molecule has 0 spiro atoms. The number of rotatable bonds is 9. The highest BCUT2D eigenvalue weighted by atomic mass is 16.5. The van der Waals surface area contributed by atoms with Crippen molar-refractivity contribution in [3.63, 3.8) is 0 Å². The monoisotopic (exact) mass is 468 g/mol. The van der Waals surface area contributed by atoms with Crippen LogP contribution in [0.1, 0.15) is 22.3 Å². The van der Waals surface area contributed by atoms with E-state index in [0.29, 0.717) is 17.9 Å². The lowest BCUT2D eigenvalue weighted by Gasteiger charge is -2.36. The van der Waals surface area contributed by atoms with E-state index in [-0.39, 0.29) is 0 Å². The van der Waals surface area contributed by atoms with Gasteiger partial charge < -0.3 is 19.9 Å². The number of carbonyl (C=O) groups excluding carboxylic acids is 1. The molecule has 1 fully saturated rings. The van der Waals surface area contributed by atoms with Crippen LogP contribution in [0.5, 0.6) is 5.75 Å². The minimum atomic E-state index is -0.456. The summed E-state index contributed by atoms with van der Waals surface area (Å²) in [7, 11) is 0. The molecule has 0 aliphatic carbocycles. The number of para-hydroxylation sites is 1. The standard InChI is InChI=1S/C29H32N4O2/c30-29(34)25-10-4-5-13-28(25)35-21-7-15-31-17-19-32(20-18-31)26-11-6-12-27-24(26)14-16-33(27)22-23-8-2-1-3-9-23/h1-6,8-14,16H,7,15,17-22H2,(H2,30,34). The predicted octanol–water partition coefficient (Wildman–Crippen LogP) is 4.38. The summed E-state index contributed by atoms with van der Waals surface area (Å²) < 4.78 is 8.17. The van der Waals surface area contributed by atoms with Crippen molar-refractivity contribution in [3.8, 4) is 5.75 Å². The topological polar surface area (TPSA) is 63.7 Å². The molecule has 1 saturated heterocycles. The van der Waals surface area contributed by atoms with Crippen LogP contribution < -0.4 is 15.4 Å². The summed E-state index contributed by atoms with van der Waals surface area (Å²) in [5, 5.41) is 1.32. The van der Waals surface area contributed by atoms with Gasteiger partial charge in [0.1, 0.15) is 5.75 Å². The van der Waals surface area contributed by atoms with E-state index in [1.807, 2.05) is 6.07 Å². The first-order chi connectivity index (χ1) is 17.2. The quantitative estimate of drug-likeness (QED) is 0.370. The van der Waals surface area contributed by atoms with Gasteiger partial charge in [-0.15, -0.1) is 0 Å². The number of ether oxygens (including phenoxy) is 1. The van der Waals surface area contributed by atoms with E-state index in [4.69, 9.17) is 10.5 Å². The smallest absolute Gasteiger partial charge is 0.252 e. The molecule has 0 atom stereocenters. The van der Waals surface area contributed by atoms with Crippen LogP contribution >= 0.6 is 0 Å². The van der Waals surface area contributed by atoms with Gasteiger partial charge in [-0.05, 0) is 42.3 Å². The third-order valence-corrected chi connectivity index (χ3v) is 6.73. The summed E-state index contributed by atoms with van der Waals surface area (Å²) in [6.07, 6.45) is 3.11. The van der Waals surface area contributed by atoms with Gasteiger partial charge in [0.2, 0.25) is 0 Å². The maximum atomic E-state index is 11.5. The summed E-state index contributed by atoms with van der Waals surface area (Å²) in [5.41, 5.74) is 9.78. The molecular formula is C29H32N4O2. The minimum Gasteiger partial charge on any atom is -0.493 e. The lowest BCUT2D eigenvalue weighted by atomic mass is 10.1. The number of primary amides is 1. The van der Waals surface area contributed by atoms with Crippen molar-refractivity contribution in [2.24, 2.45) is 5.73 Å². The Kier molecular flexibility index (Phi) is 7.00. The molecule has 1 aliphatic rings. The van der Waals surface area contributed by atoms with E-state index in [1.165, 1.54) is 22.2 Å². The Hall–Kier alpha value is -3.77. The van der Waals surface area contributed by atoms with Crippen LogP contribution in [0.15, 0.2) is 85.1 Å². The second-order valence-electron chi connectivity index (χ2n) is 9.03. The molecule has 2 heterocycles. The highest BCUT2D eigenvalue weighted by molar-refractivity contribution is 5.95. The van der Waals surface area contributed by atoms with Crippen molar-refractivity contribution in [1.82, 2.24) is 9.47 Å². The highest BCUT2D eigenvalue weighted by Gasteiger charge is 2.19. The average molecular weight is 469 g/mol. The molecule has 4 aromatic rings. The van der Waals surface area contributed by atoms with E-state index in [9.17, 15) is 4.79 Å². The summed E-state index contributed by atoms with van der Waals surface area (Å²) in [6, 6.07) is 26.6. The number of fused-ring (bicyclic) bond motifs is 1. The molecule has 35 heavy (non-hydrogen) atoms. The van der Waals surface area contributed by atoms with Crippen molar-refractivity contribution >= 4 is 22.5 Å². The number of nitrogens with zero attached hydrogens (tertiary/aromatic N) is 3. The number of amides is 1. The summed E-state index contributed by atoms with van der Waals surface area (Å²) in [4.78, 5) is 16.5. The van der Waals surface area contributed by atoms with Gasteiger partial charge in [0.05, 0.1) is 17.7 Å². The fourth-order valence-corrected chi connectivity index (χ4v) is 4.88. The molecule has 3 aromatic carbocycles. The van der Waals surface area contributed by atoms with Crippen molar-refractivity contribution in [2.75, 3.05) is 44.2 Å². The zero-order chi connectivity index (χ0) is 24.0. The van der Waals surface area contributed by atoms with E-state index in [0.717, 1.165) is 45.7 Å². The Morgan fingerprint density at radius 3 is 2.43 bits per heavy atom. The molecule has 5 rings (SSSR count). The van der Waals surface area contributed by atoms with Crippen LogP contribution in [-0.4, -0.2) is 54.7 Å². The van der Waals surface area contributed by atoms with Crippen LogP contribution in [0.4, 0.5) is 5.69 Å². The van der Waals surface area contributed by atoms with Crippen LogP contribution in [0, 0.1) is 0 Å². The van der Waals surface area contributed by atoms with Crippen molar-refractivity contribution in [3.05, 3.63) is 96.2 Å². The number of hydrogen-bond donors (Lipinski definition) is 1. The van der Waals surface area contributed by atoms with Crippen LogP contribution in [0.3, 0.4) is 0 Å². The largest absolute Gasteiger partial charge is 0.493 e. The molecule has 1 aliphatic heterocycles. The maximum Gasteiger partial charge on any atom is 0.252 e. The van der Waals surface area contributed by atoms with Crippen LogP contribution in [-0.2, 0) is 6.54 Å². The lowest BCUT2D eigenvalue weighted by Crippen LogP contribution is -2.46. The first-order valence-electron chi connectivity index (χ1n) is 12.3. The predicted molar refractivity (Wildman–Crippen MR) is 141 cm³/mol. The Bertz CT molecular complexity index is 1280. The zero-order valence-electron chi connectivity index (χ0n) is 20.0. The number of aromatic nitrogens is 1. The van der Waals surface area contributed by atoms with Gasteiger partial charge in [0.15, 0.2) is 0 Å². The second-order valence-corrected chi connectivity index (χ2v) is 9.03. The van der Waals surface area contributed by atoms with Gasteiger partial charge in [-0.3, -0.25) is 9.69 Å². The number of piperazine rings is 1. The van der Waals surface area contributed by atoms with E-state index in [1.54, 1.807) is 18.2 Å². The number of hydrogen-bond acceptors (Lipinski definition) is 4. The van der Waals surface area contributed by atoms with Crippen molar-refractivity contribution in [2.45, 2.75) is 13.0 Å². The molecular weight excluding hydrogens is 436 g/mol.